The number of nitrogens with zero attached hydrogens (tertiary/aromatic N) is 3. The van der Waals surface area contributed by atoms with Crippen LogP contribution in [0.4, 0.5) is 38.1 Å². The first-order valence-corrected chi connectivity index (χ1v) is 13.6. The number of hydrogen-bond acceptors (Lipinski definition) is 7. The quantitative estimate of drug-likeness (QED) is 0.210. The molecule has 242 valence electrons. The van der Waals surface area contributed by atoms with E-state index in [0.29, 0.717) is 28.1 Å². The molecule has 1 aromatic heterocycles. The fourth-order valence-corrected chi connectivity index (χ4v) is 4.64. The fourth-order valence-electron chi connectivity index (χ4n) is 4.06. The van der Waals surface area contributed by atoms with E-state index in [0.717, 1.165) is 54.5 Å². The van der Waals surface area contributed by atoms with Crippen LogP contribution in [0.5, 0.6) is 0 Å². The number of anilines is 2. The molecule has 44 heavy (non-hydrogen) atoms. The number of fused-ring (bicyclic) bond motifs is 1. The van der Waals surface area contributed by atoms with Gasteiger partial charge in [0.15, 0.2) is 0 Å². The van der Waals surface area contributed by atoms with E-state index >= 15 is 0 Å². The molecule has 1 saturated carbocycles. The van der Waals surface area contributed by atoms with E-state index in [1.54, 1.807) is 6.07 Å². The molecule has 0 radical (unpaired) electrons. The summed E-state index contributed by atoms with van der Waals surface area (Å²) in [6.45, 7) is 0.781. The van der Waals surface area contributed by atoms with Gasteiger partial charge in [0.25, 0.3) is 0 Å². The third-order valence-electron chi connectivity index (χ3n) is 6.07. The van der Waals surface area contributed by atoms with Crippen LogP contribution in [0.25, 0.3) is 10.9 Å². The van der Waals surface area contributed by atoms with Crippen molar-refractivity contribution < 1.29 is 46.1 Å². The van der Waals surface area contributed by atoms with E-state index in [4.69, 9.17) is 53.0 Å². The normalized spacial score (nSPS) is 16.6. The SMILES string of the molecule is CN(C)c1nc(NC2CCC(NCc3cc(Cl)cc(Cl)c3)CC2)nc2ccccc12.O=C(O)C(F)(F)F.O=C(O)C(F)(F)F. The van der Waals surface area contributed by atoms with Crippen LogP contribution < -0.4 is 15.5 Å². The van der Waals surface area contributed by atoms with Crippen molar-refractivity contribution >= 4 is 57.8 Å². The van der Waals surface area contributed by atoms with Crippen molar-refractivity contribution in [2.24, 2.45) is 0 Å². The molecule has 0 saturated heterocycles. The van der Waals surface area contributed by atoms with Crippen molar-refractivity contribution in [3.8, 4) is 0 Å². The second-order valence-electron chi connectivity index (χ2n) is 9.74. The largest absolute Gasteiger partial charge is 0.490 e. The van der Waals surface area contributed by atoms with Crippen LogP contribution in [0.2, 0.25) is 10.0 Å². The van der Waals surface area contributed by atoms with Gasteiger partial charge in [0, 0.05) is 48.2 Å². The maximum atomic E-state index is 10.6. The molecule has 2 aromatic carbocycles. The summed E-state index contributed by atoms with van der Waals surface area (Å²) in [6, 6.07) is 14.7. The van der Waals surface area contributed by atoms with Crippen molar-refractivity contribution in [1.82, 2.24) is 15.3 Å². The molecule has 4 rings (SSSR count). The summed E-state index contributed by atoms with van der Waals surface area (Å²) in [4.78, 5) is 29.3. The molecule has 1 fully saturated rings. The molecule has 9 nitrogen and oxygen atoms in total. The zero-order chi connectivity index (χ0) is 33.2. The summed E-state index contributed by atoms with van der Waals surface area (Å²) in [5.74, 6) is -3.86. The minimum Gasteiger partial charge on any atom is -0.475 e. The van der Waals surface area contributed by atoms with E-state index in [2.05, 4.69) is 16.7 Å². The van der Waals surface area contributed by atoms with Crippen molar-refractivity contribution in [2.45, 2.75) is 56.7 Å². The van der Waals surface area contributed by atoms with Gasteiger partial charge >= 0.3 is 24.3 Å². The Balaban J connectivity index is 0.000000402. The van der Waals surface area contributed by atoms with Crippen LogP contribution in [-0.4, -0.2) is 70.7 Å². The van der Waals surface area contributed by atoms with Gasteiger partial charge in [0.1, 0.15) is 5.82 Å². The number of rotatable bonds is 6. The Morgan fingerprint density at radius 3 is 1.82 bits per heavy atom. The van der Waals surface area contributed by atoms with Crippen LogP contribution in [0, 0.1) is 0 Å². The fraction of sp³-hybridized carbons (Fsp3) is 0.407. The topological polar surface area (TPSA) is 128 Å². The molecule has 0 bridgehead atoms. The summed E-state index contributed by atoms with van der Waals surface area (Å²) in [7, 11) is 4.03. The summed E-state index contributed by atoms with van der Waals surface area (Å²) >= 11 is 12.2. The standard InChI is InChI=1S/C23H27Cl2N5.2C2HF3O2/c1-30(2)22-20-5-3-4-6-21(20)28-23(29-22)27-19-9-7-18(8-10-19)26-14-15-11-16(24)13-17(25)12-15;2*3-2(4,5)1(6)7/h3-6,11-13,18-19,26H,7-10,14H2,1-2H3,(H,27,28,29);2*(H,6,7). The average Bonchev–Trinajstić information content (AvgIpc) is 2.91. The first-order valence-electron chi connectivity index (χ1n) is 12.9. The highest BCUT2D eigenvalue weighted by Gasteiger charge is 2.38. The Labute approximate surface area is 258 Å². The number of carbonyl (C=O) groups is 2. The molecule has 4 N–H and O–H groups in total. The Kier molecular flexibility index (Phi) is 13.3. The number of aromatic nitrogens is 2. The van der Waals surface area contributed by atoms with Crippen molar-refractivity contribution in [3.05, 3.63) is 58.1 Å². The number of benzene rings is 2. The highest BCUT2D eigenvalue weighted by Crippen LogP contribution is 2.27. The lowest BCUT2D eigenvalue weighted by Crippen LogP contribution is -2.37. The lowest BCUT2D eigenvalue weighted by atomic mass is 9.91. The van der Waals surface area contributed by atoms with Crippen LogP contribution >= 0.6 is 23.2 Å². The van der Waals surface area contributed by atoms with E-state index < -0.39 is 24.3 Å². The Bertz CT molecular complexity index is 1370. The van der Waals surface area contributed by atoms with Crippen molar-refractivity contribution in [2.75, 3.05) is 24.3 Å². The van der Waals surface area contributed by atoms with Crippen LogP contribution in [0.1, 0.15) is 31.2 Å². The number of aliphatic carboxylic acids is 2. The molecule has 1 aliphatic rings. The molecule has 0 unspecified atom stereocenters. The number of nitrogens with one attached hydrogen (secondary N) is 2. The van der Waals surface area contributed by atoms with Gasteiger partial charge in [-0.3, -0.25) is 0 Å². The molecule has 0 spiro atoms. The molecule has 1 aliphatic carbocycles. The predicted octanol–water partition coefficient (Wildman–Crippen LogP) is 6.78. The van der Waals surface area contributed by atoms with E-state index in [9.17, 15) is 26.3 Å². The molecular formula is C27H29Cl2F6N5O4. The van der Waals surface area contributed by atoms with Gasteiger partial charge in [-0.1, -0.05) is 35.3 Å². The summed E-state index contributed by atoms with van der Waals surface area (Å²) < 4.78 is 63.5. The smallest absolute Gasteiger partial charge is 0.475 e. The van der Waals surface area contributed by atoms with Gasteiger partial charge in [-0.05, 0) is 61.6 Å². The van der Waals surface area contributed by atoms with Crippen LogP contribution in [-0.2, 0) is 16.1 Å². The average molecular weight is 672 g/mol. The number of alkyl halides is 6. The maximum absolute atomic E-state index is 10.6. The van der Waals surface area contributed by atoms with E-state index in [-0.39, 0.29) is 0 Å². The van der Waals surface area contributed by atoms with Gasteiger partial charge in [0.05, 0.1) is 5.52 Å². The first-order chi connectivity index (χ1) is 20.4. The number of halogens is 8. The molecule has 0 aliphatic heterocycles. The van der Waals surface area contributed by atoms with Gasteiger partial charge < -0.3 is 25.7 Å². The van der Waals surface area contributed by atoms with Gasteiger partial charge in [0.2, 0.25) is 5.95 Å². The first kappa shape index (κ1) is 36.6. The van der Waals surface area contributed by atoms with Crippen molar-refractivity contribution in [3.63, 3.8) is 0 Å². The number of hydrogen-bond donors (Lipinski definition) is 4. The van der Waals surface area contributed by atoms with Crippen LogP contribution in [0.15, 0.2) is 42.5 Å². The molecule has 17 heteroatoms. The number of para-hydroxylation sites is 1. The third-order valence-corrected chi connectivity index (χ3v) is 6.51. The summed E-state index contributed by atoms with van der Waals surface area (Å²) in [6.07, 6.45) is -5.77. The maximum Gasteiger partial charge on any atom is 0.490 e. The second kappa shape index (κ2) is 16.0. The zero-order valence-corrected chi connectivity index (χ0v) is 24.8. The monoisotopic (exact) mass is 671 g/mol. The summed E-state index contributed by atoms with van der Waals surface area (Å²) in [5.41, 5.74) is 2.09. The molecule has 0 amide bonds. The molecule has 1 heterocycles. The van der Waals surface area contributed by atoms with E-state index in [1.165, 1.54) is 0 Å². The predicted molar refractivity (Wildman–Crippen MR) is 154 cm³/mol. The molecule has 0 atom stereocenters. The highest BCUT2D eigenvalue weighted by molar-refractivity contribution is 6.34. The number of carboxylic acids is 2. The minimum absolute atomic E-state index is 0.389. The Hall–Kier alpha value is -3.56. The van der Waals surface area contributed by atoms with E-state index in [1.807, 2.05) is 49.3 Å². The summed E-state index contributed by atoms with van der Waals surface area (Å²) in [5, 5.41) is 23.9. The Morgan fingerprint density at radius 1 is 0.864 bits per heavy atom. The second-order valence-corrected chi connectivity index (χ2v) is 10.6. The highest BCUT2D eigenvalue weighted by atomic mass is 35.5. The van der Waals surface area contributed by atoms with Gasteiger partial charge in [-0.2, -0.15) is 31.3 Å². The van der Waals surface area contributed by atoms with Crippen LogP contribution in [0.3, 0.4) is 0 Å². The van der Waals surface area contributed by atoms with Gasteiger partial charge in [-0.15, -0.1) is 0 Å². The lowest BCUT2D eigenvalue weighted by Gasteiger charge is -2.30. The Morgan fingerprint density at radius 2 is 1.34 bits per heavy atom. The molecular weight excluding hydrogens is 643 g/mol. The number of carboxylic acid groups (broad SMARTS) is 2. The van der Waals surface area contributed by atoms with Crippen molar-refractivity contribution in [1.29, 1.82) is 0 Å². The zero-order valence-electron chi connectivity index (χ0n) is 23.3. The third kappa shape index (κ3) is 12.2. The van der Waals surface area contributed by atoms with Gasteiger partial charge in [-0.25, -0.2) is 14.6 Å². The minimum atomic E-state index is -5.08. The lowest BCUT2D eigenvalue weighted by molar-refractivity contribution is -0.193. The molecule has 3 aromatic rings.